The topological polar surface area (TPSA) is 15.3 Å². The minimum Gasteiger partial charge on any atom is -0.314 e. The second-order valence-electron chi connectivity index (χ2n) is 5.34. The van der Waals surface area contributed by atoms with Crippen LogP contribution in [0.5, 0.6) is 0 Å². The lowest BCUT2D eigenvalue weighted by atomic mass is 9.95. The van der Waals surface area contributed by atoms with Gasteiger partial charge in [-0.3, -0.25) is 4.90 Å². The van der Waals surface area contributed by atoms with Crippen LogP contribution in [0.3, 0.4) is 0 Å². The highest BCUT2D eigenvalue weighted by Gasteiger charge is 2.26. The van der Waals surface area contributed by atoms with Crippen molar-refractivity contribution in [2.45, 2.75) is 32.9 Å². The predicted molar refractivity (Wildman–Crippen MR) is 77.9 cm³/mol. The third-order valence-corrected chi connectivity index (χ3v) is 4.53. The van der Waals surface area contributed by atoms with Gasteiger partial charge < -0.3 is 5.32 Å². The van der Waals surface area contributed by atoms with Crippen LogP contribution in [0.4, 0.5) is 4.39 Å². The number of nitrogens with one attached hydrogen (secondary N) is 1. The molecule has 1 N–H and O–H groups in total. The van der Waals surface area contributed by atoms with Gasteiger partial charge in [-0.05, 0) is 17.5 Å². The van der Waals surface area contributed by atoms with E-state index in [1.54, 1.807) is 6.07 Å². The Morgan fingerprint density at radius 2 is 2.32 bits per heavy atom. The Hall–Kier alpha value is -0.640. The number of rotatable bonds is 4. The van der Waals surface area contributed by atoms with Crippen molar-refractivity contribution < 1.29 is 4.39 Å². The molecule has 1 saturated heterocycles. The summed E-state index contributed by atoms with van der Waals surface area (Å²) in [5, 5.41) is 3.71. The van der Waals surface area contributed by atoms with Crippen molar-refractivity contribution in [2.75, 3.05) is 19.6 Å². The summed E-state index contributed by atoms with van der Waals surface area (Å²) in [4.78, 5) is 2.42. The van der Waals surface area contributed by atoms with E-state index in [4.69, 9.17) is 11.6 Å². The predicted octanol–water partition coefficient (Wildman–Crippen LogP) is 3.30. The summed E-state index contributed by atoms with van der Waals surface area (Å²) in [6.45, 7) is 8.20. The average molecular weight is 285 g/mol. The van der Waals surface area contributed by atoms with E-state index in [9.17, 15) is 4.39 Å². The molecule has 0 radical (unpaired) electrons. The van der Waals surface area contributed by atoms with Crippen LogP contribution in [0, 0.1) is 11.7 Å². The average Bonchev–Trinajstić information content (AvgIpc) is 2.43. The van der Waals surface area contributed by atoms with Crippen molar-refractivity contribution in [1.82, 2.24) is 10.2 Å². The van der Waals surface area contributed by atoms with Gasteiger partial charge in [-0.2, -0.15) is 0 Å². The van der Waals surface area contributed by atoms with E-state index < -0.39 is 0 Å². The number of benzene rings is 1. The molecule has 0 aliphatic carbocycles. The number of hydrogen-bond acceptors (Lipinski definition) is 2. The first-order valence-electron chi connectivity index (χ1n) is 7.01. The lowest BCUT2D eigenvalue weighted by molar-refractivity contribution is 0.109. The molecule has 2 unspecified atom stereocenters. The Balaban J connectivity index is 2.13. The molecule has 1 heterocycles. The first kappa shape index (κ1) is 14.8. The zero-order valence-corrected chi connectivity index (χ0v) is 12.4. The quantitative estimate of drug-likeness (QED) is 0.913. The van der Waals surface area contributed by atoms with Crippen LogP contribution in [0.15, 0.2) is 18.2 Å². The molecule has 0 amide bonds. The molecule has 2 rings (SSSR count). The van der Waals surface area contributed by atoms with Crippen molar-refractivity contribution in [3.8, 4) is 0 Å². The number of hydrogen-bond donors (Lipinski definition) is 1. The Morgan fingerprint density at radius 1 is 1.53 bits per heavy atom. The van der Waals surface area contributed by atoms with E-state index >= 15 is 0 Å². The second-order valence-corrected chi connectivity index (χ2v) is 5.72. The molecular weight excluding hydrogens is 263 g/mol. The van der Waals surface area contributed by atoms with Crippen molar-refractivity contribution in [2.24, 2.45) is 5.92 Å². The largest absolute Gasteiger partial charge is 0.314 e. The smallest absolute Gasteiger partial charge is 0.142 e. The number of nitrogens with zero attached hydrogens (tertiary/aromatic N) is 1. The normalized spacial score (nSPS) is 22.4. The maximum absolute atomic E-state index is 13.5. The fourth-order valence-electron chi connectivity index (χ4n) is 2.69. The molecule has 19 heavy (non-hydrogen) atoms. The number of halogens is 2. The summed E-state index contributed by atoms with van der Waals surface area (Å²) in [5.41, 5.74) is 0.886. The van der Waals surface area contributed by atoms with E-state index in [-0.39, 0.29) is 10.8 Å². The summed E-state index contributed by atoms with van der Waals surface area (Å²) in [6, 6.07) is 5.56. The van der Waals surface area contributed by atoms with Crippen LogP contribution < -0.4 is 5.32 Å². The van der Waals surface area contributed by atoms with Crippen LogP contribution in [0.2, 0.25) is 5.02 Å². The monoisotopic (exact) mass is 284 g/mol. The number of piperazine rings is 1. The molecule has 1 aromatic rings. The standard InChI is InChI=1S/C15H22ClFN2/c1-3-11(2)14-9-18-7-8-19(14)10-12-5-4-6-13(17)15(12)16/h4-6,11,14,18H,3,7-10H2,1-2H3. The molecule has 4 heteroatoms. The van der Waals surface area contributed by atoms with Gasteiger partial charge >= 0.3 is 0 Å². The molecule has 1 aliphatic heterocycles. The van der Waals surface area contributed by atoms with Gasteiger partial charge in [0, 0.05) is 32.2 Å². The molecule has 0 saturated carbocycles. The van der Waals surface area contributed by atoms with Crippen LogP contribution in [0.25, 0.3) is 0 Å². The van der Waals surface area contributed by atoms with Crippen LogP contribution in [-0.4, -0.2) is 30.6 Å². The SMILES string of the molecule is CCC(C)C1CNCCN1Cc1cccc(F)c1Cl. The Kier molecular flexibility index (Phi) is 5.20. The lowest BCUT2D eigenvalue weighted by Crippen LogP contribution is -2.53. The summed E-state index contributed by atoms with van der Waals surface area (Å²) in [5.74, 6) is 0.300. The molecule has 2 atom stereocenters. The minimum absolute atomic E-state index is 0.268. The maximum atomic E-state index is 13.5. The Labute approximate surface area is 119 Å². The van der Waals surface area contributed by atoms with Gasteiger partial charge in [0.05, 0.1) is 5.02 Å². The molecule has 1 aliphatic rings. The van der Waals surface area contributed by atoms with Gasteiger partial charge in [0.1, 0.15) is 5.82 Å². The van der Waals surface area contributed by atoms with Gasteiger partial charge in [0.2, 0.25) is 0 Å². The first-order valence-corrected chi connectivity index (χ1v) is 7.39. The molecule has 1 aromatic carbocycles. The minimum atomic E-state index is -0.325. The Morgan fingerprint density at radius 3 is 3.05 bits per heavy atom. The lowest BCUT2D eigenvalue weighted by Gasteiger charge is -2.39. The van der Waals surface area contributed by atoms with Crippen molar-refractivity contribution >= 4 is 11.6 Å². The highest BCUT2D eigenvalue weighted by Crippen LogP contribution is 2.24. The van der Waals surface area contributed by atoms with Gasteiger partial charge in [0.15, 0.2) is 0 Å². The van der Waals surface area contributed by atoms with Crippen molar-refractivity contribution in [3.05, 3.63) is 34.6 Å². The van der Waals surface area contributed by atoms with E-state index in [0.29, 0.717) is 12.0 Å². The fraction of sp³-hybridized carbons (Fsp3) is 0.600. The summed E-state index contributed by atoms with van der Waals surface area (Å²) in [6.07, 6.45) is 1.15. The maximum Gasteiger partial charge on any atom is 0.142 e. The van der Waals surface area contributed by atoms with Crippen molar-refractivity contribution in [1.29, 1.82) is 0 Å². The molecule has 0 spiro atoms. The molecule has 2 nitrogen and oxygen atoms in total. The zero-order valence-electron chi connectivity index (χ0n) is 11.6. The summed E-state index contributed by atoms with van der Waals surface area (Å²) in [7, 11) is 0. The highest BCUT2D eigenvalue weighted by atomic mass is 35.5. The van der Waals surface area contributed by atoms with Crippen LogP contribution >= 0.6 is 11.6 Å². The summed E-state index contributed by atoms with van der Waals surface area (Å²) >= 11 is 6.06. The van der Waals surface area contributed by atoms with Gasteiger partial charge in [0.25, 0.3) is 0 Å². The summed E-state index contributed by atoms with van der Waals surface area (Å²) < 4.78 is 13.5. The van der Waals surface area contributed by atoms with E-state index in [1.807, 2.05) is 6.07 Å². The second kappa shape index (κ2) is 6.69. The van der Waals surface area contributed by atoms with E-state index in [0.717, 1.165) is 38.2 Å². The van der Waals surface area contributed by atoms with Crippen molar-refractivity contribution in [3.63, 3.8) is 0 Å². The van der Waals surface area contributed by atoms with Crippen LogP contribution in [0.1, 0.15) is 25.8 Å². The fourth-order valence-corrected chi connectivity index (χ4v) is 2.87. The van der Waals surface area contributed by atoms with Gasteiger partial charge in [-0.25, -0.2) is 4.39 Å². The van der Waals surface area contributed by atoms with Gasteiger partial charge in [-0.15, -0.1) is 0 Å². The molecule has 0 bridgehead atoms. The molecule has 0 aromatic heterocycles. The van der Waals surface area contributed by atoms with E-state index in [2.05, 4.69) is 24.1 Å². The third kappa shape index (κ3) is 3.47. The van der Waals surface area contributed by atoms with E-state index in [1.165, 1.54) is 6.07 Å². The van der Waals surface area contributed by atoms with Crippen LogP contribution in [-0.2, 0) is 6.54 Å². The first-order chi connectivity index (χ1) is 9.13. The van der Waals surface area contributed by atoms with Gasteiger partial charge in [-0.1, -0.05) is 44.0 Å². The molecule has 106 valence electrons. The zero-order chi connectivity index (χ0) is 13.8. The molecule has 1 fully saturated rings. The molecular formula is C15H22ClFN2. The Bertz CT molecular complexity index is 425. The third-order valence-electron chi connectivity index (χ3n) is 4.10. The highest BCUT2D eigenvalue weighted by molar-refractivity contribution is 6.31.